The molecular formula is C17H18N4O2. The Labute approximate surface area is 134 Å². The van der Waals surface area contributed by atoms with E-state index in [0.717, 1.165) is 36.3 Å². The van der Waals surface area contributed by atoms with Gasteiger partial charge in [-0.2, -0.15) is 0 Å². The van der Waals surface area contributed by atoms with Gasteiger partial charge < -0.3 is 9.64 Å². The molecule has 23 heavy (non-hydrogen) atoms. The normalized spacial score (nSPS) is 21.9. The van der Waals surface area contributed by atoms with E-state index in [2.05, 4.69) is 15.0 Å². The number of carbonyl (C=O) groups excluding carboxylic acids is 1. The molecule has 118 valence electrons. The number of rotatable bonds is 2. The average Bonchev–Trinajstić information content (AvgIpc) is 2.89. The zero-order valence-electron chi connectivity index (χ0n) is 13.2. The van der Waals surface area contributed by atoms with Crippen molar-refractivity contribution in [1.29, 1.82) is 0 Å². The van der Waals surface area contributed by atoms with E-state index in [-0.39, 0.29) is 18.0 Å². The standard InChI is InChI=1S/C17H18N4O2/c1-10-18-9-13-14(20-10)7-12-4-5-15(13)21(12)17(22)11-3-6-16(23-2)19-8-11/h3,6,8-9,12,15H,4-5,7H2,1-2H3. The Morgan fingerprint density at radius 3 is 2.87 bits per heavy atom. The third-order valence-electron chi connectivity index (χ3n) is 4.74. The molecule has 4 rings (SSSR count). The molecule has 4 heterocycles. The van der Waals surface area contributed by atoms with E-state index < -0.39 is 0 Å². The van der Waals surface area contributed by atoms with Crippen molar-refractivity contribution in [2.24, 2.45) is 0 Å². The second-order valence-electron chi connectivity index (χ2n) is 6.07. The molecule has 2 aromatic rings. The van der Waals surface area contributed by atoms with Crippen LogP contribution in [-0.2, 0) is 6.42 Å². The second kappa shape index (κ2) is 5.30. The van der Waals surface area contributed by atoms with Crippen LogP contribution in [0.15, 0.2) is 24.5 Å². The maximum Gasteiger partial charge on any atom is 0.256 e. The fourth-order valence-corrected chi connectivity index (χ4v) is 3.66. The number of aromatic nitrogens is 3. The minimum absolute atomic E-state index is 0.0267. The number of pyridine rings is 1. The summed E-state index contributed by atoms with van der Waals surface area (Å²) in [6.45, 7) is 1.91. The molecule has 0 spiro atoms. The minimum atomic E-state index is 0.0267. The summed E-state index contributed by atoms with van der Waals surface area (Å²) in [7, 11) is 1.56. The first-order chi connectivity index (χ1) is 11.2. The van der Waals surface area contributed by atoms with Crippen molar-refractivity contribution in [3.05, 3.63) is 47.2 Å². The van der Waals surface area contributed by atoms with E-state index in [1.54, 1.807) is 25.4 Å². The van der Waals surface area contributed by atoms with Crippen LogP contribution in [0.1, 0.15) is 46.3 Å². The van der Waals surface area contributed by atoms with E-state index in [1.807, 2.05) is 18.0 Å². The molecule has 6 nitrogen and oxygen atoms in total. The number of hydrogen-bond donors (Lipinski definition) is 0. The lowest BCUT2D eigenvalue weighted by atomic mass is 9.98. The largest absolute Gasteiger partial charge is 0.481 e. The van der Waals surface area contributed by atoms with Crippen molar-refractivity contribution in [3.63, 3.8) is 0 Å². The summed E-state index contributed by atoms with van der Waals surface area (Å²) in [4.78, 5) is 28.0. The van der Waals surface area contributed by atoms with Crippen LogP contribution in [-0.4, -0.2) is 38.9 Å². The summed E-state index contributed by atoms with van der Waals surface area (Å²) >= 11 is 0. The fourth-order valence-electron chi connectivity index (χ4n) is 3.66. The highest BCUT2D eigenvalue weighted by molar-refractivity contribution is 5.95. The monoisotopic (exact) mass is 310 g/mol. The Balaban J connectivity index is 1.67. The number of amides is 1. The molecule has 2 atom stereocenters. The van der Waals surface area contributed by atoms with Gasteiger partial charge in [0.1, 0.15) is 5.82 Å². The van der Waals surface area contributed by atoms with Crippen molar-refractivity contribution in [2.45, 2.75) is 38.3 Å². The molecule has 2 aliphatic heterocycles. The van der Waals surface area contributed by atoms with Crippen LogP contribution in [0.3, 0.4) is 0 Å². The van der Waals surface area contributed by atoms with Crippen molar-refractivity contribution < 1.29 is 9.53 Å². The van der Waals surface area contributed by atoms with Crippen molar-refractivity contribution >= 4 is 5.91 Å². The van der Waals surface area contributed by atoms with Gasteiger partial charge in [0, 0.05) is 36.5 Å². The quantitative estimate of drug-likeness (QED) is 0.849. The van der Waals surface area contributed by atoms with E-state index in [1.165, 1.54) is 0 Å². The predicted molar refractivity (Wildman–Crippen MR) is 83.2 cm³/mol. The Morgan fingerprint density at radius 2 is 2.13 bits per heavy atom. The van der Waals surface area contributed by atoms with Gasteiger partial charge in [0.2, 0.25) is 5.88 Å². The topological polar surface area (TPSA) is 68.2 Å². The Bertz CT molecular complexity index is 760. The van der Waals surface area contributed by atoms with E-state index in [4.69, 9.17) is 4.74 Å². The van der Waals surface area contributed by atoms with E-state index in [9.17, 15) is 4.79 Å². The molecule has 0 aromatic carbocycles. The molecule has 0 aliphatic carbocycles. The zero-order chi connectivity index (χ0) is 16.0. The number of fused-ring (bicyclic) bond motifs is 4. The Kier molecular flexibility index (Phi) is 3.25. The second-order valence-corrected chi connectivity index (χ2v) is 6.07. The molecule has 1 saturated heterocycles. The van der Waals surface area contributed by atoms with Crippen LogP contribution in [0, 0.1) is 6.92 Å². The summed E-state index contributed by atoms with van der Waals surface area (Å²) < 4.78 is 5.05. The molecule has 2 bridgehead atoms. The van der Waals surface area contributed by atoms with Crippen LogP contribution in [0.5, 0.6) is 5.88 Å². The third kappa shape index (κ3) is 2.25. The molecule has 0 saturated carbocycles. The molecule has 1 fully saturated rings. The smallest absolute Gasteiger partial charge is 0.256 e. The van der Waals surface area contributed by atoms with Gasteiger partial charge >= 0.3 is 0 Å². The first-order valence-corrected chi connectivity index (χ1v) is 7.82. The zero-order valence-corrected chi connectivity index (χ0v) is 13.2. The molecule has 2 aliphatic rings. The highest BCUT2D eigenvalue weighted by atomic mass is 16.5. The van der Waals surface area contributed by atoms with Crippen molar-refractivity contribution in [3.8, 4) is 5.88 Å². The van der Waals surface area contributed by atoms with E-state index >= 15 is 0 Å². The molecule has 2 aromatic heterocycles. The molecule has 0 radical (unpaired) electrons. The lowest BCUT2D eigenvalue weighted by molar-refractivity contribution is 0.0643. The number of ether oxygens (including phenoxy) is 1. The summed E-state index contributed by atoms with van der Waals surface area (Å²) in [5.74, 6) is 1.33. The fraction of sp³-hybridized carbons (Fsp3) is 0.412. The molecule has 0 N–H and O–H groups in total. The first kappa shape index (κ1) is 14.1. The van der Waals surface area contributed by atoms with Gasteiger partial charge in [0.15, 0.2) is 0 Å². The van der Waals surface area contributed by atoms with Gasteiger partial charge in [-0.3, -0.25) is 4.79 Å². The van der Waals surface area contributed by atoms with Crippen LogP contribution >= 0.6 is 0 Å². The predicted octanol–water partition coefficient (Wildman–Crippen LogP) is 2.09. The maximum atomic E-state index is 12.9. The van der Waals surface area contributed by atoms with Gasteiger partial charge in [0.05, 0.1) is 24.4 Å². The van der Waals surface area contributed by atoms with Crippen molar-refractivity contribution in [1.82, 2.24) is 19.9 Å². The molecular weight excluding hydrogens is 292 g/mol. The lowest BCUT2D eigenvalue weighted by Gasteiger charge is -2.35. The van der Waals surface area contributed by atoms with E-state index in [0.29, 0.717) is 11.4 Å². The summed E-state index contributed by atoms with van der Waals surface area (Å²) in [6.07, 6.45) is 6.26. The average molecular weight is 310 g/mol. The van der Waals surface area contributed by atoms with Gasteiger partial charge in [-0.1, -0.05) is 0 Å². The van der Waals surface area contributed by atoms with Crippen LogP contribution < -0.4 is 4.74 Å². The highest BCUT2D eigenvalue weighted by Gasteiger charge is 2.43. The molecule has 6 heteroatoms. The lowest BCUT2D eigenvalue weighted by Crippen LogP contribution is -2.42. The number of hydrogen-bond acceptors (Lipinski definition) is 5. The number of carbonyl (C=O) groups is 1. The Morgan fingerprint density at radius 1 is 1.26 bits per heavy atom. The summed E-state index contributed by atoms with van der Waals surface area (Å²) in [6, 6.07) is 3.80. The van der Waals surface area contributed by atoms with Crippen LogP contribution in [0.4, 0.5) is 0 Å². The first-order valence-electron chi connectivity index (χ1n) is 7.82. The van der Waals surface area contributed by atoms with Gasteiger partial charge in [-0.15, -0.1) is 0 Å². The van der Waals surface area contributed by atoms with Gasteiger partial charge in [0.25, 0.3) is 5.91 Å². The number of aryl methyl sites for hydroxylation is 1. The number of methoxy groups -OCH3 is 1. The van der Waals surface area contributed by atoms with Crippen LogP contribution in [0.25, 0.3) is 0 Å². The third-order valence-corrected chi connectivity index (χ3v) is 4.74. The summed E-state index contributed by atoms with van der Waals surface area (Å²) in [5, 5.41) is 0. The molecule has 2 unspecified atom stereocenters. The van der Waals surface area contributed by atoms with Gasteiger partial charge in [-0.25, -0.2) is 15.0 Å². The maximum absolute atomic E-state index is 12.9. The van der Waals surface area contributed by atoms with Gasteiger partial charge in [-0.05, 0) is 25.8 Å². The highest BCUT2D eigenvalue weighted by Crippen LogP contribution is 2.43. The number of nitrogens with zero attached hydrogens (tertiary/aromatic N) is 4. The SMILES string of the molecule is COc1ccc(C(=O)N2C3CCC2c2cnc(C)nc2C3)cn1. The summed E-state index contributed by atoms with van der Waals surface area (Å²) in [5.41, 5.74) is 2.79. The van der Waals surface area contributed by atoms with Crippen LogP contribution in [0.2, 0.25) is 0 Å². The Hall–Kier alpha value is -2.50. The molecule has 1 amide bonds. The minimum Gasteiger partial charge on any atom is -0.481 e. The van der Waals surface area contributed by atoms with Crippen molar-refractivity contribution in [2.75, 3.05) is 7.11 Å².